The van der Waals surface area contributed by atoms with Crippen molar-refractivity contribution in [1.82, 2.24) is 14.8 Å². The fraction of sp³-hybridized carbons (Fsp3) is 0.458. The monoisotopic (exact) mass is 507 g/mol. The third-order valence-electron chi connectivity index (χ3n) is 6.39. The van der Waals surface area contributed by atoms with Gasteiger partial charge in [0.25, 0.3) is 0 Å². The molecule has 2 fully saturated rings. The first-order chi connectivity index (χ1) is 17.1. The summed E-state index contributed by atoms with van der Waals surface area (Å²) in [5, 5.41) is 0. The average Bonchev–Trinajstić information content (AvgIpc) is 3.25. The Morgan fingerprint density at radius 3 is 2.50 bits per heavy atom. The van der Waals surface area contributed by atoms with Crippen LogP contribution in [0.2, 0.25) is 0 Å². The summed E-state index contributed by atoms with van der Waals surface area (Å²) in [6.07, 6.45) is -0.839. The predicted octanol–water partition coefficient (Wildman–Crippen LogP) is 3.38. The number of carbonyl (C=O) groups is 2. The van der Waals surface area contributed by atoms with Gasteiger partial charge in [-0.1, -0.05) is 6.07 Å². The molecule has 0 aliphatic carbocycles. The van der Waals surface area contributed by atoms with Gasteiger partial charge in [-0.3, -0.25) is 14.7 Å². The van der Waals surface area contributed by atoms with E-state index in [1.165, 1.54) is 29.4 Å². The molecule has 1 aromatic carbocycles. The number of anilines is 1. The van der Waals surface area contributed by atoms with Crippen LogP contribution < -0.4 is 20.1 Å². The van der Waals surface area contributed by atoms with Crippen molar-refractivity contribution in [3.63, 3.8) is 0 Å². The number of nitrogens with two attached hydrogens (primary N) is 1. The van der Waals surface area contributed by atoms with Gasteiger partial charge in [-0.2, -0.15) is 0 Å². The molecule has 0 bridgehead atoms. The van der Waals surface area contributed by atoms with E-state index in [-0.39, 0.29) is 29.6 Å². The molecule has 2 aromatic rings. The lowest BCUT2D eigenvalue weighted by Crippen LogP contribution is -2.49. The van der Waals surface area contributed by atoms with E-state index in [1.807, 2.05) is 11.0 Å². The van der Waals surface area contributed by atoms with Gasteiger partial charge < -0.3 is 25.0 Å². The second-order valence-corrected chi connectivity index (χ2v) is 8.93. The Labute approximate surface area is 206 Å². The summed E-state index contributed by atoms with van der Waals surface area (Å²) in [4.78, 5) is 33.1. The molecule has 1 atom stereocenters. The van der Waals surface area contributed by atoms with Crippen LogP contribution in [-0.4, -0.2) is 71.9 Å². The van der Waals surface area contributed by atoms with Gasteiger partial charge in [-0.15, -0.1) is 13.2 Å². The van der Waals surface area contributed by atoms with Gasteiger partial charge in [0, 0.05) is 68.8 Å². The highest BCUT2D eigenvalue weighted by Crippen LogP contribution is 2.34. The summed E-state index contributed by atoms with van der Waals surface area (Å²) in [5.74, 6) is -0.797. The maximum atomic E-state index is 13.1. The maximum absolute atomic E-state index is 13.1. The zero-order chi connectivity index (χ0) is 25.9. The van der Waals surface area contributed by atoms with Gasteiger partial charge in [0.2, 0.25) is 5.91 Å². The zero-order valence-corrected chi connectivity index (χ0v) is 19.8. The number of nitrogens with zero attached hydrogens (tertiary/aromatic N) is 4. The molecule has 1 unspecified atom stereocenters. The van der Waals surface area contributed by atoms with Gasteiger partial charge in [-0.25, -0.2) is 4.79 Å². The largest absolute Gasteiger partial charge is 0.573 e. The number of primary amides is 1. The second kappa shape index (κ2) is 10.6. The number of aromatic nitrogens is 1. The Bertz CT molecular complexity index is 1110. The topological polar surface area (TPSA) is 101 Å². The summed E-state index contributed by atoms with van der Waals surface area (Å²) >= 11 is 0. The predicted molar refractivity (Wildman–Crippen MR) is 125 cm³/mol. The molecule has 2 aliphatic heterocycles. The number of rotatable bonds is 6. The molecule has 0 saturated carbocycles. The van der Waals surface area contributed by atoms with Crippen molar-refractivity contribution < 1.29 is 32.2 Å². The van der Waals surface area contributed by atoms with E-state index in [0.29, 0.717) is 37.4 Å². The van der Waals surface area contributed by atoms with E-state index < -0.39 is 18.4 Å². The highest BCUT2D eigenvalue weighted by molar-refractivity contribution is 5.92. The summed E-state index contributed by atoms with van der Waals surface area (Å²) in [5.41, 5.74) is 6.47. The van der Waals surface area contributed by atoms with Crippen molar-refractivity contribution in [3.05, 3.63) is 47.8 Å². The Hall–Kier alpha value is -3.54. The number of alkyl halides is 3. The second-order valence-electron chi connectivity index (χ2n) is 8.93. The quantitative estimate of drug-likeness (QED) is 0.640. The molecule has 36 heavy (non-hydrogen) atoms. The van der Waals surface area contributed by atoms with E-state index in [9.17, 15) is 22.8 Å². The van der Waals surface area contributed by atoms with Crippen LogP contribution in [0.4, 0.5) is 23.7 Å². The molecule has 2 saturated heterocycles. The van der Waals surface area contributed by atoms with Gasteiger partial charge in [0.15, 0.2) is 5.75 Å². The molecule has 2 amide bonds. The number of carbonyl (C=O) groups excluding carboxylic acids is 2. The van der Waals surface area contributed by atoms with E-state index in [0.717, 1.165) is 19.4 Å². The minimum Gasteiger partial charge on any atom is -0.409 e. The van der Waals surface area contributed by atoms with Crippen molar-refractivity contribution in [3.8, 4) is 11.5 Å². The first kappa shape index (κ1) is 25.5. The maximum Gasteiger partial charge on any atom is 0.573 e. The third kappa shape index (κ3) is 6.36. The summed E-state index contributed by atoms with van der Waals surface area (Å²) in [6, 6.07) is 6.57. The number of amides is 2. The minimum absolute atomic E-state index is 0.0973. The van der Waals surface area contributed by atoms with Crippen LogP contribution >= 0.6 is 0 Å². The van der Waals surface area contributed by atoms with E-state index in [4.69, 9.17) is 10.5 Å². The number of hydrogen-bond acceptors (Lipinski definition) is 7. The lowest BCUT2D eigenvalue weighted by atomic mass is 10.1. The Morgan fingerprint density at radius 1 is 1.11 bits per heavy atom. The van der Waals surface area contributed by atoms with Crippen LogP contribution in [0.5, 0.6) is 11.5 Å². The first-order valence-corrected chi connectivity index (χ1v) is 11.7. The first-order valence-electron chi connectivity index (χ1n) is 11.7. The van der Waals surface area contributed by atoms with Crippen LogP contribution in [0.1, 0.15) is 35.7 Å². The van der Waals surface area contributed by atoms with Crippen molar-refractivity contribution in [2.75, 3.05) is 37.6 Å². The number of ether oxygens (including phenoxy) is 2. The Balaban J connectivity index is 1.38. The smallest absolute Gasteiger partial charge is 0.409 e. The number of pyridine rings is 1. The number of piperazine rings is 1. The molecule has 4 rings (SSSR count). The molecule has 0 radical (unpaired) electrons. The normalized spacial score (nSPS) is 18.8. The molecule has 9 nitrogen and oxygen atoms in total. The van der Waals surface area contributed by atoms with Gasteiger partial charge in [0.1, 0.15) is 5.75 Å². The van der Waals surface area contributed by atoms with Crippen molar-refractivity contribution in [2.45, 2.75) is 38.7 Å². The molecule has 12 heteroatoms. The highest BCUT2D eigenvalue weighted by atomic mass is 19.4. The summed E-state index contributed by atoms with van der Waals surface area (Å²) < 4.78 is 49.1. The fourth-order valence-electron chi connectivity index (χ4n) is 4.49. The SMILES string of the molecule is CC1CCCN1c1ccc(CN2CCN(C(=O)Oc3cncc(C(N)=O)c3)CC2)c(OC(F)(F)F)c1. The van der Waals surface area contributed by atoms with Crippen LogP contribution in [0.15, 0.2) is 36.7 Å². The van der Waals surface area contributed by atoms with Crippen molar-refractivity contribution >= 4 is 17.7 Å². The van der Waals surface area contributed by atoms with Crippen LogP contribution in [0.25, 0.3) is 0 Å². The third-order valence-corrected chi connectivity index (χ3v) is 6.39. The lowest BCUT2D eigenvalue weighted by molar-refractivity contribution is -0.275. The van der Waals surface area contributed by atoms with Crippen LogP contribution in [-0.2, 0) is 6.54 Å². The molecule has 2 aliphatic rings. The molecule has 194 valence electrons. The highest BCUT2D eigenvalue weighted by Gasteiger charge is 2.33. The molecule has 1 aromatic heterocycles. The molecule has 0 spiro atoms. The molecular formula is C24H28F3N5O4. The van der Waals surface area contributed by atoms with Gasteiger partial charge >= 0.3 is 12.5 Å². The van der Waals surface area contributed by atoms with Crippen LogP contribution in [0, 0.1) is 0 Å². The minimum atomic E-state index is -4.80. The number of benzene rings is 1. The summed E-state index contributed by atoms with van der Waals surface area (Å²) in [6.45, 7) is 4.61. The van der Waals surface area contributed by atoms with Crippen molar-refractivity contribution in [2.24, 2.45) is 5.73 Å². The number of hydrogen-bond donors (Lipinski definition) is 1. The van der Waals surface area contributed by atoms with Gasteiger partial charge in [-0.05, 0) is 31.9 Å². The fourth-order valence-corrected chi connectivity index (χ4v) is 4.49. The standard InChI is InChI=1S/C24H28F3N5O4/c1-16-3-2-6-32(16)19-5-4-17(21(12-19)36-24(25,26)27)15-30-7-9-31(10-8-30)23(34)35-20-11-18(22(28)33)13-29-14-20/h4-5,11-14,16H,2-3,6-10,15H2,1H3,(H2,28,33). The van der Waals surface area contributed by atoms with E-state index in [1.54, 1.807) is 6.07 Å². The molecule has 2 N–H and O–H groups in total. The zero-order valence-electron chi connectivity index (χ0n) is 19.8. The molecular weight excluding hydrogens is 479 g/mol. The van der Waals surface area contributed by atoms with Crippen LogP contribution in [0.3, 0.4) is 0 Å². The Morgan fingerprint density at radius 2 is 1.86 bits per heavy atom. The number of halogens is 3. The van der Waals surface area contributed by atoms with E-state index >= 15 is 0 Å². The molecule has 3 heterocycles. The van der Waals surface area contributed by atoms with Gasteiger partial charge in [0.05, 0.1) is 11.8 Å². The van der Waals surface area contributed by atoms with Crippen molar-refractivity contribution in [1.29, 1.82) is 0 Å². The van der Waals surface area contributed by atoms with E-state index in [2.05, 4.69) is 21.5 Å². The Kier molecular flexibility index (Phi) is 7.53. The lowest BCUT2D eigenvalue weighted by Gasteiger charge is -2.34. The average molecular weight is 508 g/mol. The summed E-state index contributed by atoms with van der Waals surface area (Å²) in [7, 11) is 0.